The Hall–Kier alpha value is 0.640. The first-order chi connectivity index (χ1) is 3.42. The van der Waals surface area contributed by atoms with E-state index in [9.17, 15) is 4.21 Å². The van der Waals surface area contributed by atoms with E-state index in [1.54, 1.807) is 0 Å². The van der Waals surface area contributed by atoms with Gasteiger partial charge in [0, 0.05) is 11.2 Å². The van der Waals surface area contributed by atoms with E-state index in [0.717, 1.165) is 0 Å². The zero-order valence-electron chi connectivity index (χ0n) is 4.10. The predicted octanol–water partition coefficient (Wildman–Crippen LogP) is 0.413. The van der Waals surface area contributed by atoms with Crippen LogP contribution < -0.4 is 0 Å². The van der Waals surface area contributed by atoms with Gasteiger partial charge in [0.1, 0.15) is 5.44 Å². The minimum atomic E-state index is -3.47. The second kappa shape index (κ2) is 2.98. The summed E-state index contributed by atoms with van der Waals surface area (Å²) >= 11 is 7.64. The van der Waals surface area contributed by atoms with Crippen LogP contribution in [0.4, 0.5) is 0 Å². The van der Waals surface area contributed by atoms with Gasteiger partial charge in [0.2, 0.25) is 0 Å². The standard InChI is InChI=1S/C2H6O3S3/c1-2(6)5-8(3,4)7/h2,6H,1H3,(H,3,4,7). The van der Waals surface area contributed by atoms with Gasteiger partial charge < -0.3 is 0 Å². The Labute approximate surface area is 58.5 Å². The highest BCUT2D eigenvalue weighted by molar-refractivity contribution is 8.27. The summed E-state index contributed by atoms with van der Waals surface area (Å²) in [7, 11) is -3.47. The van der Waals surface area contributed by atoms with Crippen LogP contribution in [-0.4, -0.2) is 14.2 Å². The molecule has 0 aliphatic heterocycles. The Morgan fingerprint density at radius 2 is 2.38 bits per heavy atom. The van der Waals surface area contributed by atoms with Gasteiger partial charge >= 0.3 is 0 Å². The molecule has 0 radical (unpaired) electrons. The molecular weight excluding hydrogens is 168 g/mol. The van der Waals surface area contributed by atoms with Crippen molar-refractivity contribution in [1.82, 2.24) is 0 Å². The summed E-state index contributed by atoms with van der Waals surface area (Å²) < 4.78 is 22.6. The zero-order valence-corrected chi connectivity index (χ0v) is 6.63. The summed E-state index contributed by atoms with van der Waals surface area (Å²) in [6.45, 7) is 1.51. The molecule has 0 saturated carbocycles. The molecule has 0 aliphatic carbocycles. The van der Waals surface area contributed by atoms with Gasteiger partial charge in [-0.3, -0.25) is 8.74 Å². The van der Waals surface area contributed by atoms with Gasteiger partial charge in [-0.15, -0.1) is 12.6 Å². The highest BCUT2D eigenvalue weighted by Crippen LogP contribution is 1.99. The fraction of sp³-hybridized carbons (Fsp3) is 1.00. The first-order valence-electron chi connectivity index (χ1n) is 1.75. The molecule has 0 bridgehead atoms. The van der Waals surface area contributed by atoms with Crippen molar-refractivity contribution in [3.05, 3.63) is 0 Å². The second-order valence-corrected chi connectivity index (χ2v) is 4.16. The van der Waals surface area contributed by atoms with Crippen LogP contribution in [0.1, 0.15) is 6.92 Å². The van der Waals surface area contributed by atoms with E-state index in [-0.39, 0.29) is 0 Å². The SMILES string of the molecule is CC(S)OS(=O)(O)=S. The van der Waals surface area contributed by atoms with E-state index < -0.39 is 14.5 Å². The molecule has 6 heteroatoms. The summed E-state index contributed by atoms with van der Waals surface area (Å²) in [5.41, 5.74) is -0.593. The fourth-order valence-electron chi connectivity index (χ4n) is 0.176. The maximum Gasteiger partial charge on any atom is 0.267 e. The zero-order chi connectivity index (χ0) is 6.78. The van der Waals surface area contributed by atoms with Crippen LogP contribution in [0.2, 0.25) is 0 Å². The van der Waals surface area contributed by atoms with Crippen LogP contribution in [0, 0.1) is 0 Å². The summed E-state index contributed by atoms with van der Waals surface area (Å²) in [4.78, 5) is 0. The molecule has 50 valence electrons. The van der Waals surface area contributed by atoms with Crippen molar-refractivity contribution in [2.24, 2.45) is 0 Å². The number of hydrogen-bond donors (Lipinski definition) is 2. The predicted molar refractivity (Wildman–Crippen MR) is 37.7 cm³/mol. The Bertz CT molecular complexity index is 146. The van der Waals surface area contributed by atoms with E-state index in [0.29, 0.717) is 0 Å². The quantitative estimate of drug-likeness (QED) is 0.470. The smallest absolute Gasteiger partial charge is 0.267 e. The maximum atomic E-state index is 10.1. The van der Waals surface area contributed by atoms with E-state index in [2.05, 4.69) is 28.0 Å². The molecule has 0 amide bonds. The normalized spacial score (nSPS) is 21.9. The monoisotopic (exact) mass is 174 g/mol. The number of rotatable bonds is 2. The Kier molecular flexibility index (Phi) is 3.21. The van der Waals surface area contributed by atoms with E-state index in [1.807, 2.05) is 0 Å². The van der Waals surface area contributed by atoms with Crippen LogP contribution in [0.3, 0.4) is 0 Å². The minimum Gasteiger partial charge on any atom is -0.285 e. The highest BCUT2D eigenvalue weighted by atomic mass is 32.9. The van der Waals surface area contributed by atoms with Gasteiger partial charge in [0.05, 0.1) is 0 Å². The van der Waals surface area contributed by atoms with Gasteiger partial charge in [-0.2, -0.15) is 4.21 Å². The number of thiol groups is 1. The molecule has 0 aromatic rings. The van der Waals surface area contributed by atoms with Crippen molar-refractivity contribution in [1.29, 1.82) is 0 Å². The summed E-state index contributed by atoms with van der Waals surface area (Å²) in [6, 6.07) is 0. The molecule has 2 unspecified atom stereocenters. The molecule has 0 aromatic carbocycles. The average Bonchev–Trinajstić information content (AvgIpc) is 1.21. The van der Waals surface area contributed by atoms with Crippen molar-refractivity contribution in [3.63, 3.8) is 0 Å². The molecular formula is C2H6O3S3. The number of hydrogen-bond acceptors (Lipinski definition) is 4. The molecule has 0 spiro atoms. The maximum absolute atomic E-state index is 10.1. The molecule has 2 atom stereocenters. The van der Waals surface area contributed by atoms with Crippen LogP contribution >= 0.6 is 12.6 Å². The largest absolute Gasteiger partial charge is 0.285 e. The lowest BCUT2D eigenvalue weighted by molar-refractivity contribution is 0.298. The minimum absolute atomic E-state index is 0.593. The Morgan fingerprint density at radius 1 is 2.00 bits per heavy atom. The Morgan fingerprint density at radius 3 is 2.38 bits per heavy atom. The first-order valence-corrected chi connectivity index (χ1v) is 4.64. The van der Waals surface area contributed by atoms with Crippen molar-refractivity contribution in [3.8, 4) is 0 Å². The van der Waals surface area contributed by atoms with Crippen molar-refractivity contribution >= 4 is 32.9 Å². The van der Waals surface area contributed by atoms with Gasteiger partial charge in [-0.05, 0) is 6.92 Å². The van der Waals surface area contributed by atoms with Crippen molar-refractivity contribution in [2.45, 2.75) is 12.4 Å². The summed E-state index contributed by atoms with van der Waals surface area (Å²) in [5, 5.41) is 0. The molecule has 0 aliphatic rings. The third-order valence-electron chi connectivity index (χ3n) is 0.261. The molecule has 0 rings (SSSR count). The van der Waals surface area contributed by atoms with Crippen LogP contribution in [0.25, 0.3) is 0 Å². The Balaban J connectivity index is 3.75. The van der Waals surface area contributed by atoms with Gasteiger partial charge in [0.15, 0.2) is 0 Å². The van der Waals surface area contributed by atoms with Gasteiger partial charge in [-0.25, -0.2) is 0 Å². The lowest BCUT2D eigenvalue weighted by Crippen LogP contribution is -2.06. The van der Waals surface area contributed by atoms with Gasteiger partial charge in [0.25, 0.3) is 9.05 Å². The molecule has 1 N–H and O–H groups in total. The molecule has 0 saturated heterocycles. The lowest BCUT2D eigenvalue weighted by Gasteiger charge is -2.01. The van der Waals surface area contributed by atoms with Gasteiger partial charge in [-0.1, -0.05) is 0 Å². The van der Waals surface area contributed by atoms with E-state index in [4.69, 9.17) is 4.55 Å². The summed E-state index contributed by atoms with van der Waals surface area (Å²) in [6.07, 6.45) is 0. The lowest BCUT2D eigenvalue weighted by atomic mass is 10.9. The van der Waals surface area contributed by atoms with Crippen molar-refractivity contribution < 1.29 is 12.9 Å². The molecule has 3 nitrogen and oxygen atoms in total. The van der Waals surface area contributed by atoms with E-state index >= 15 is 0 Å². The average molecular weight is 174 g/mol. The van der Waals surface area contributed by atoms with Crippen LogP contribution in [0.5, 0.6) is 0 Å². The molecule has 0 fully saturated rings. The van der Waals surface area contributed by atoms with Crippen molar-refractivity contribution in [2.75, 3.05) is 0 Å². The topological polar surface area (TPSA) is 46.5 Å². The third kappa shape index (κ3) is 6.64. The molecule has 8 heavy (non-hydrogen) atoms. The van der Waals surface area contributed by atoms with Crippen LogP contribution in [-0.2, 0) is 24.4 Å². The van der Waals surface area contributed by atoms with Crippen LogP contribution in [0.15, 0.2) is 0 Å². The highest BCUT2D eigenvalue weighted by Gasteiger charge is 2.02. The fourth-order valence-corrected chi connectivity index (χ4v) is 1.41. The molecule has 0 heterocycles. The van der Waals surface area contributed by atoms with E-state index in [1.165, 1.54) is 6.92 Å². The third-order valence-corrected chi connectivity index (χ3v) is 1.28. The molecule has 0 aromatic heterocycles. The summed E-state index contributed by atoms with van der Waals surface area (Å²) in [5.74, 6) is 0. The second-order valence-electron chi connectivity index (χ2n) is 1.12. The first kappa shape index (κ1) is 8.64.